The second-order valence-electron chi connectivity index (χ2n) is 15.0. The highest BCUT2D eigenvalue weighted by atomic mass is 16.2. The molecule has 69 heavy (non-hydrogen) atoms. The zero-order valence-corrected chi connectivity index (χ0v) is 36.3. The highest BCUT2D eigenvalue weighted by molar-refractivity contribution is 5.89. The van der Waals surface area contributed by atoms with Crippen LogP contribution in [-0.2, 0) is 14.4 Å². The molecule has 3 fully saturated rings. The molecular formula is C48H60N18O3. The Hall–Kier alpha value is -7.86. The molecule has 0 aliphatic carbocycles. The lowest BCUT2D eigenvalue weighted by Gasteiger charge is -2.41. The van der Waals surface area contributed by atoms with Crippen molar-refractivity contribution in [3.05, 3.63) is 90.0 Å². The van der Waals surface area contributed by atoms with Crippen molar-refractivity contribution in [2.24, 2.45) is 17.7 Å². The molecule has 0 saturated carbocycles. The molecule has 6 atom stereocenters. The number of anilines is 3. The van der Waals surface area contributed by atoms with Crippen molar-refractivity contribution in [1.82, 2.24) is 59.6 Å². The van der Waals surface area contributed by atoms with E-state index in [1.165, 1.54) is 43.7 Å². The number of rotatable bonds is 9. The van der Waals surface area contributed by atoms with Crippen LogP contribution in [0.3, 0.4) is 0 Å². The SMILES string of the molecule is [2H]c1nc(N(C([2H])([2H])[2H])[C@@]2([2H])CN(C(=O)C([2H])([2H])[N+]#[C-])CC[C@@]2([2H])C([2H])([2H])[2H])c2cc[nH]c2n1.[2H]c1nc(N(C([2H])([2H])[2H])[C@@]2([2H])CN(C(=O)C([2H])([2H])[N+]#[C-])CC[C@@]2([2H])C)c2cc[nH]c2n1.[2H]c1nc(N(C([2H])([2H])[2H])[C@@]2([2H])CN(C(=O)C([2H])([2H])[N+]#[C-])CC[C@H]2C([2H])([2H])[2H])c2cc[nH]c2n1. The van der Waals surface area contributed by atoms with E-state index >= 15 is 0 Å². The van der Waals surface area contributed by atoms with E-state index in [2.05, 4.69) is 59.4 Å². The number of H-pyrrole nitrogens is 3. The van der Waals surface area contributed by atoms with Gasteiger partial charge < -0.3 is 58.9 Å². The minimum atomic E-state index is -3.28. The Balaban J connectivity index is 0.000000207. The van der Waals surface area contributed by atoms with Gasteiger partial charge in [-0.25, -0.2) is 49.6 Å². The summed E-state index contributed by atoms with van der Waals surface area (Å²) in [4.78, 5) is 81.0. The highest BCUT2D eigenvalue weighted by Gasteiger charge is 2.36. The average molecular weight is 966 g/mol. The average Bonchev–Trinajstić information content (AvgIpc) is 1.13. The molecule has 6 aromatic heterocycles. The maximum Gasteiger partial charge on any atom is 0.302 e. The second kappa shape index (κ2) is 22.3. The van der Waals surface area contributed by atoms with Crippen LogP contribution in [0.5, 0.6) is 0 Å². The number of aromatic amines is 3. The van der Waals surface area contributed by atoms with Gasteiger partial charge in [0, 0.05) is 102 Å². The van der Waals surface area contributed by atoms with Crippen LogP contribution in [0.4, 0.5) is 17.5 Å². The minimum absolute atomic E-state index is 0.0328. The van der Waals surface area contributed by atoms with E-state index in [1.54, 1.807) is 0 Å². The molecule has 21 heteroatoms. The van der Waals surface area contributed by atoms with Crippen molar-refractivity contribution in [2.75, 3.05) is 94.4 Å². The summed E-state index contributed by atoms with van der Waals surface area (Å²) >= 11 is 0. The Bertz CT molecular complexity index is 4150. The number of piperidine rings is 3. The van der Waals surface area contributed by atoms with Crippen LogP contribution < -0.4 is 14.7 Å². The van der Waals surface area contributed by atoms with Gasteiger partial charge in [0.25, 0.3) is 19.5 Å². The third-order valence-electron chi connectivity index (χ3n) is 11.0. The standard InChI is InChI=1S/3C16H20N6O/c3*1-11-5-7-22(14(23)8-17-2)9-13(11)21(3)16-12-4-6-18-15(12)19-10-20-16/h3*4,6,10-11,13H,5,7-9H2,1,3H3,(H,18,19,20)/t3*11-,13+/m111/s1/i1D3,3D3,8D2,10D,11D,13D;3D3,8D2,10D,11D,13D;1D3,3D3,8D2,10D,13D. The van der Waals surface area contributed by atoms with Crippen LogP contribution in [-0.4, -0.2) is 175 Å². The minimum Gasteiger partial charge on any atom is -0.354 e. The van der Waals surface area contributed by atoms with Crippen LogP contribution in [0.15, 0.2) is 55.7 Å². The molecule has 9 heterocycles. The quantitative estimate of drug-likeness (QED) is 0.169. The lowest BCUT2D eigenvalue weighted by atomic mass is 9.92. The van der Waals surface area contributed by atoms with Gasteiger partial charge in [0.05, 0.1) is 38.3 Å². The van der Waals surface area contributed by atoms with Crippen molar-refractivity contribution >= 4 is 68.3 Å². The molecule has 21 nitrogen and oxygen atoms in total. The summed E-state index contributed by atoms with van der Waals surface area (Å²) in [5.74, 6) is -11.1. The molecule has 0 unspecified atom stereocenters. The van der Waals surface area contributed by atoms with Crippen LogP contribution in [0, 0.1) is 37.4 Å². The van der Waals surface area contributed by atoms with Gasteiger partial charge in [0.2, 0.25) is 0 Å². The Labute approximate surface area is 442 Å². The summed E-state index contributed by atoms with van der Waals surface area (Å²) in [6, 6.07) is -3.52. The van der Waals surface area contributed by atoms with Crippen molar-refractivity contribution in [2.45, 2.75) is 57.9 Å². The van der Waals surface area contributed by atoms with E-state index in [0.717, 1.165) is 9.80 Å². The zero-order valence-electron chi connectivity index (χ0n) is 65.3. The summed E-state index contributed by atoms with van der Waals surface area (Å²) in [7, 11) is 0. The molecule has 3 amide bonds. The number of carbonyl (C=O) groups is 3. The molecule has 3 saturated heterocycles. The Kier molecular flexibility index (Phi) is 7.73. The van der Waals surface area contributed by atoms with Gasteiger partial charge in [0.15, 0.2) is 0 Å². The maximum atomic E-state index is 12.7. The number of fused-ring (bicyclic) bond motifs is 3. The number of nitrogens with zero attached hydrogens (tertiary/aromatic N) is 15. The lowest BCUT2D eigenvalue weighted by Crippen LogP contribution is -2.53. The van der Waals surface area contributed by atoms with Crippen LogP contribution in [0.2, 0.25) is 0 Å². The predicted octanol–water partition coefficient (Wildman–Crippen LogP) is 4.65. The van der Waals surface area contributed by atoms with Crippen molar-refractivity contribution in [3.8, 4) is 0 Å². The number of amides is 3. The second-order valence-corrected chi connectivity index (χ2v) is 15.0. The lowest BCUT2D eigenvalue weighted by molar-refractivity contribution is -0.131. The van der Waals surface area contributed by atoms with Gasteiger partial charge in [-0.05, 0) is 55.2 Å². The molecule has 3 aliphatic heterocycles. The monoisotopic (exact) mass is 966 g/mol. The smallest absolute Gasteiger partial charge is 0.302 e. The summed E-state index contributed by atoms with van der Waals surface area (Å²) < 4.78 is 235. The van der Waals surface area contributed by atoms with Gasteiger partial charge in [-0.1, -0.05) is 20.6 Å². The highest BCUT2D eigenvalue weighted by Crippen LogP contribution is 2.31. The first-order chi connectivity index (χ1) is 44.5. The van der Waals surface area contributed by atoms with Gasteiger partial charge in [-0.2, -0.15) is 0 Å². The normalized spacial score (nSPS) is 34.2. The van der Waals surface area contributed by atoms with Crippen molar-refractivity contribution < 1.29 is 54.1 Å². The van der Waals surface area contributed by atoms with Crippen LogP contribution in [0.1, 0.15) is 79.6 Å². The van der Waals surface area contributed by atoms with Gasteiger partial charge >= 0.3 is 17.7 Å². The molecule has 0 spiro atoms. The summed E-state index contributed by atoms with van der Waals surface area (Å²) in [5, 5.41) is 0.374. The first-order valence-corrected chi connectivity index (χ1v) is 20.5. The molecule has 360 valence electrons. The summed E-state index contributed by atoms with van der Waals surface area (Å²) in [5.41, 5.74) is 0.305. The molecule has 9 rings (SSSR count). The van der Waals surface area contributed by atoms with E-state index in [9.17, 15) is 14.4 Å². The van der Waals surface area contributed by atoms with Gasteiger partial charge in [-0.15, -0.1) is 0 Å². The number of carbonyl (C=O) groups excluding carboxylic acids is 3. The number of hydrogen-bond acceptors (Lipinski definition) is 12. The van der Waals surface area contributed by atoms with E-state index < -0.39 is 171 Å². The molecule has 0 aromatic carbocycles. The molecule has 6 aromatic rings. The fourth-order valence-corrected chi connectivity index (χ4v) is 7.35. The molecule has 3 aliphatic rings. The largest absolute Gasteiger partial charge is 0.354 e. The van der Waals surface area contributed by atoms with Gasteiger partial charge in [-0.3, -0.25) is 14.4 Å². The predicted molar refractivity (Wildman–Crippen MR) is 264 cm³/mol. The summed E-state index contributed by atoms with van der Waals surface area (Å²) in [6.07, 6.45) is 1.35. The van der Waals surface area contributed by atoms with E-state index in [1.807, 2.05) is 0 Å². The van der Waals surface area contributed by atoms with Crippen LogP contribution in [0.25, 0.3) is 47.6 Å². The van der Waals surface area contributed by atoms with Crippen molar-refractivity contribution in [3.63, 3.8) is 0 Å². The Morgan fingerprint density at radius 1 is 0.623 bits per heavy atom. The Morgan fingerprint density at radius 2 is 1.00 bits per heavy atom. The zero-order chi connectivity index (χ0) is 74.3. The Morgan fingerprint density at radius 3 is 1.39 bits per heavy atom. The maximum absolute atomic E-state index is 12.7. The molecule has 0 bridgehead atoms. The number of nitrogens with one attached hydrogen (secondary N) is 3. The molecule has 3 N–H and O–H groups in total. The molecule has 0 radical (unpaired) electrons. The van der Waals surface area contributed by atoms with E-state index in [4.69, 9.17) is 59.5 Å². The van der Waals surface area contributed by atoms with E-state index in [0.29, 0.717) is 19.6 Å². The number of aromatic nitrogens is 9. The molecular weight excluding hydrogens is 877 g/mol. The van der Waals surface area contributed by atoms with Gasteiger partial charge in [0.1, 0.15) is 65.6 Å². The first kappa shape index (κ1) is 23.9. The first-order valence-electron chi connectivity index (χ1n) is 35.0. The topological polar surface area (TPSA) is 208 Å². The number of likely N-dealkylation sites (tertiary alicyclic amines) is 3. The fraction of sp³-hybridized carbons (Fsp3) is 0.500. The number of likely N-dealkylation sites (N-methyl/N-ethyl adjacent to an activating group) is 3. The summed E-state index contributed by atoms with van der Waals surface area (Å²) in [6.45, 7) is -5.54. The fourth-order valence-electron chi connectivity index (χ4n) is 7.35. The van der Waals surface area contributed by atoms with Crippen molar-refractivity contribution in [1.29, 1.82) is 0 Å². The van der Waals surface area contributed by atoms with Crippen LogP contribution >= 0.6 is 0 Å². The third kappa shape index (κ3) is 11.0. The number of hydrogen-bond donors (Lipinski definition) is 3. The van der Waals surface area contributed by atoms with E-state index in [-0.39, 0.29) is 64.8 Å². The third-order valence-corrected chi connectivity index (χ3v) is 11.0.